The van der Waals surface area contributed by atoms with E-state index in [9.17, 15) is 0 Å². The van der Waals surface area contributed by atoms with Gasteiger partial charge in [0.15, 0.2) is 0 Å². The van der Waals surface area contributed by atoms with Gasteiger partial charge >= 0.3 is 0 Å². The summed E-state index contributed by atoms with van der Waals surface area (Å²) in [5.41, 5.74) is 11.4. The summed E-state index contributed by atoms with van der Waals surface area (Å²) < 4.78 is 2.46. The van der Waals surface area contributed by atoms with Crippen LogP contribution in [0.25, 0.3) is 92.8 Å². The van der Waals surface area contributed by atoms with Gasteiger partial charge in [0.05, 0.1) is 16.7 Å². The predicted octanol–water partition coefficient (Wildman–Crippen LogP) is 16.2. The zero-order chi connectivity index (χ0) is 39.6. The van der Waals surface area contributed by atoms with Crippen LogP contribution in [-0.4, -0.2) is 4.57 Å². The molecule has 0 aliphatic heterocycles. The van der Waals surface area contributed by atoms with Crippen LogP contribution in [0.15, 0.2) is 231 Å². The molecule has 0 aliphatic rings. The maximum Gasteiger partial charge on any atom is 0.0547 e. The van der Waals surface area contributed by atoms with Crippen molar-refractivity contribution >= 4 is 82.0 Å². The van der Waals surface area contributed by atoms with Crippen LogP contribution in [0.1, 0.15) is 0 Å². The van der Waals surface area contributed by atoms with Gasteiger partial charge in [-0.2, -0.15) is 0 Å². The van der Waals surface area contributed by atoms with Crippen LogP contribution in [0.5, 0.6) is 0 Å². The van der Waals surface area contributed by atoms with E-state index in [-0.39, 0.29) is 0 Å². The number of nitrogens with zero attached hydrogens (tertiary/aromatic N) is 2. The highest BCUT2D eigenvalue weighted by atomic mass is 15.1. The molecule has 60 heavy (non-hydrogen) atoms. The summed E-state index contributed by atoms with van der Waals surface area (Å²) in [6.07, 6.45) is 0. The highest BCUT2D eigenvalue weighted by Gasteiger charge is 2.22. The Morgan fingerprint density at radius 3 is 1.68 bits per heavy atom. The van der Waals surface area contributed by atoms with Gasteiger partial charge in [0, 0.05) is 33.4 Å². The molecule has 0 atom stereocenters. The van der Waals surface area contributed by atoms with E-state index in [1.54, 1.807) is 0 Å². The molecule has 0 fully saturated rings. The third-order valence-electron chi connectivity index (χ3n) is 12.3. The van der Waals surface area contributed by atoms with Crippen LogP contribution in [0.2, 0.25) is 0 Å². The Balaban J connectivity index is 1.15. The van der Waals surface area contributed by atoms with Crippen molar-refractivity contribution in [1.29, 1.82) is 0 Å². The molecule has 0 spiro atoms. The third kappa shape index (κ3) is 5.50. The highest BCUT2D eigenvalue weighted by molar-refractivity contribution is 6.21. The number of fused-ring (bicyclic) bond motifs is 10. The summed E-state index contributed by atoms with van der Waals surface area (Å²) in [5, 5.41) is 12.6. The lowest BCUT2D eigenvalue weighted by atomic mass is 9.96. The van der Waals surface area contributed by atoms with Gasteiger partial charge in [-0.1, -0.05) is 182 Å². The second-order valence-corrected chi connectivity index (χ2v) is 15.7. The number of hydrogen-bond donors (Lipinski definition) is 0. The van der Waals surface area contributed by atoms with Crippen LogP contribution in [0, 0.1) is 0 Å². The van der Waals surface area contributed by atoms with Gasteiger partial charge in [-0.3, -0.25) is 0 Å². The monoisotopic (exact) mass is 762 g/mol. The Labute approximate surface area is 348 Å². The molecule has 1 heterocycles. The second kappa shape index (κ2) is 13.9. The van der Waals surface area contributed by atoms with Gasteiger partial charge in [0.25, 0.3) is 0 Å². The Bertz CT molecular complexity index is 3600. The Morgan fingerprint density at radius 2 is 0.883 bits per heavy atom. The standard InChI is InChI=1S/C58H38N2/c1-3-15-39(16-4-1)44-36-46(38-47(37-44)60-56-26-14-12-24-54(56)58-51-23-10-8-20-42(51)29-34-57(58)60)59(55-25-13-11-22-50(55)40-17-5-2-6-18-40)45-30-33-49-43(35-45)28-32-52-48-21-9-7-19-41(48)27-31-53(49)52/h1-38H. The van der Waals surface area contributed by atoms with Gasteiger partial charge < -0.3 is 9.47 Å². The van der Waals surface area contributed by atoms with E-state index < -0.39 is 0 Å². The fourth-order valence-electron chi connectivity index (χ4n) is 9.58. The average Bonchev–Trinajstić information content (AvgIpc) is 3.67. The van der Waals surface area contributed by atoms with Gasteiger partial charge in [0.1, 0.15) is 0 Å². The minimum Gasteiger partial charge on any atom is -0.310 e. The summed E-state index contributed by atoms with van der Waals surface area (Å²) in [7, 11) is 0. The van der Waals surface area contributed by atoms with Gasteiger partial charge in [0.2, 0.25) is 0 Å². The first-order valence-electron chi connectivity index (χ1n) is 20.7. The molecule has 2 heteroatoms. The molecule has 12 aromatic rings. The summed E-state index contributed by atoms with van der Waals surface area (Å²) in [6.45, 7) is 0. The first kappa shape index (κ1) is 34.1. The molecule has 0 saturated heterocycles. The number of rotatable bonds is 6. The smallest absolute Gasteiger partial charge is 0.0547 e. The molecule has 0 bridgehead atoms. The van der Waals surface area contributed by atoms with Crippen LogP contribution in [0.3, 0.4) is 0 Å². The molecular weight excluding hydrogens is 725 g/mol. The largest absolute Gasteiger partial charge is 0.310 e. The lowest BCUT2D eigenvalue weighted by molar-refractivity contribution is 1.17. The van der Waals surface area contributed by atoms with Crippen LogP contribution >= 0.6 is 0 Å². The average molecular weight is 763 g/mol. The zero-order valence-electron chi connectivity index (χ0n) is 32.8. The van der Waals surface area contributed by atoms with Gasteiger partial charge in [-0.15, -0.1) is 0 Å². The van der Waals surface area contributed by atoms with Crippen LogP contribution in [0.4, 0.5) is 17.1 Å². The van der Waals surface area contributed by atoms with E-state index in [0.717, 1.165) is 33.9 Å². The molecule has 11 aromatic carbocycles. The van der Waals surface area contributed by atoms with Crippen molar-refractivity contribution in [3.63, 3.8) is 0 Å². The topological polar surface area (TPSA) is 8.17 Å². The van der Waals surface area contributed by atoms with Crippen molar-refractivity contribution in [2.75, 3.05) is 4.90 Å². The quantitative estimate of drug-likeness (QED) is 0.153. The van der Waals surface area contributed by atoms with Crippen molar-refractivity contribution in [1.82, 2.24) is 4.57 Å². The number of para-hydroxylation sites is 2. The fraction of sp³-hybridized carbons (Fsp3) is 0. The van der Waals surface area contributed by atoms with Crippen molar-refractivity contribution in [3.05, 3.63) is 231 Å². The minimum atomic E-state index is 1.08. The molecule has 0 radical (unpaired) electrons. The van der Waals surface area contributed by atoms with Crippen LogP contribution in [-0.2, 0) is 0 Å². The number of anilines is 3. The first-order chi connectivity index (χ1) is 29.8. The molecule has 2 nitrogen and oxygen atoms in total. The Hall–Kier alpha value is -7.94. The maximum atomic E-state index is 2.46. The normalized spacial score (nSPS) is 11.7. The summed E-state index contributed by atoms with van der Waals surface area (Å²) >= 11 is 0. The molecule has 280 valence electrons. The number of aromatic nitrogens is 1. The molecule has 12 rings (SSSR count). The summed E-state index contributed by atoms with van der Waals surface area (Å²) in [6, 6.07) is 84.4. The van der Waals surface area contributed by atoms with E-state index in [1.807, 2.05) is 0 Å². The third-order valence-corrected chi connectivity index (χ3v) is 12.3. The summed E-state index contributed by atoms with van der Waals surface area (Å²) in [4.78, 5) is 2.46. The molecule has 0 amide bonds. The molecule has 0 unspecified atom stereocenters. The Kier molecular flexibility index (Phi) is 7.89. The van der Waals surface area contributed by atoms with E-state index in [2.05, 4.69) is 240 Å². The van der Waals surface area contributed by atoms with E-state index >= 15 is 0 Å². The Morgan fingerprint density at radius 1 is 0.300 bits per heavy atom. The maximum absolute atomic E-state index is 2.46. The summed E-state index contributed by atoms with van der Waals surface area (Å²) in [5.74, 6) is 0. The predicted molar refractivity (Wildman–Crippen MR) is 256 cm³/mol. The van der Waals surface area contributed by atoms with E-state index in [0.29, 0.717) is 0 Å². The van der Waals surface area contributed by atoms with Crippen molar-refractivity contribution < 1.29 is 0 Å². The van der Waals surface area contributed by atoms with Crippen molar-refractivity contribution in [2.24, 2.45) is 0 Å². The van der Waals surface area contributed by atoms with Crippen molar-refractivity contribution in [3.8, 4) is 27.9 Å². The first-order valence-corrected chi connectivity index (χ1v) is 20.7. The zero-order valence-corrected chi connectivity index (χ0v) is 32.8. The number of hydrogen-bond acceptors (Lipinski definition) is 1. The van der Waals surface area contributed by atoms with E-state index in [1.165, 1.54) is 76.0 Å². The number of benzene rings is 11. The lowest BCUT2D eigenvalue weighted by Gasteiger charge is -2.29. The van der Waals surface area contributed by atoms with Gasteiger partial charge in [-0.25, -0.2) is 0 Å². The molecule has 0 aliphatic carbocycles. The molecular formula is C58H38N2. The fourth-order valence-corrected chi connectivity index (χ4v) is 9.58. The van der Waals surface area contributed by atoms with Crippen molar-refractivity contribution in [2.45, 2.75) is 0 Å². The highest BCUT2D eigenvalue weighted by Crippen LogP contribution is 2.45. The minimum absolute atomic E-state index is 1.08. The van der Waals surface area contributed by atoms with E-state index in [4.69, 9.17) is 0 Å². The molecule has 1 aromatic heterocycles. The van der Waals surface area contributed by atoms with Gasteiger partial charge in [-0.05, 0) is 108 Å². The van der Waals surface area contributed by atoms with Crippen LogP contribution < -0.4 is 4.90 Å². The SMILES string of the molecule is c1ccc(-c2cc(N(c3ccc4c(ccc5c6ccccc6ccc45)c3)c3ccccc3-c3ccccc3)cc(-n3c4ccccc4c4c5ccccc5ccc43)c2)cc1. The molecule has 0 saturated carbocycles. The second-order valence-electron chi connectivity index (χ2n) is 15.7. The molecule has 0 N–H and O–H groups in total. The lowest BCUT2D eigenvalue weighted by Crippen LogP contribution is -2.12.